The Kier molecular flexibility index (Phi) is 5.24. The molecular formula is C18H13NO5S2. The molecule has 0 unspecified atom stereocenters. The van der Waals surface area contributed by atoms with Gasteiger partial charge in [0.25, 0.3) is 5.91 Å². The van der Waals surface area contributed by atoms with Crippen molar-refractivity contribution in [1.82, 2.24) is 5.32 Å². The number of thioether (sulfide) groups is 1. The van der Waals surface area contributed by atoms with Crippen LogP contribution in [0, 0.1) is 0 Å². The summed E-state index contributed by atoms with van der Waals surface area (Å²) in [7, 11) is 0. The molecule has 0 aliphatic carbocycles. The van der Waals surface area contributed by atoms with Gasteiger partial charge in [0.15, 0.2) is 11.5 Å². The van der Waals surface area contributed by atoms with Crippen LogP contribution < -0.4 is 10.1 Å². The maximum atomic E-state index is 11.7. The number of benzene rings is 2. The number of rotatable bonds is 5. The van der Waals surface area contributed by atoms with Crippen molar-refractivity contribution in [3.05, 3.63) is 64.1 Å². The molecule has 3 rings (SSSR count). The summed E-state index contributed by atoms with van der Waals surface area (Å²) in [5.74, 6) is -1.11. The molecule has 0 bridgehead atoms. The molecule has 1 aliphatic rings. The number of phenols is 1. The van der Waals surface area contributed by atoms with Crippen molar-refractivity contribution in [2.24, 2.45) is 0 Å². The first kappa shape index (κ1) is 18.0. The van der Waals surface area contributed by atoms with Crippen molar-refractivity contribution in [3.8, 4) is 11.5 Å². The minimum Gasteiger partial charge on any atom is -0.504 e. The van der Waals surface area contributed by atoms with Gasteiger partial charge in [-0.05, 0) is 41.5 Å². The van der Waals surface area contributed by atoms with Crippen molar-refractivity contribution in [1.29, 1.82) is 0 Å². The first-order chi connectivity index (χ1) is 12.4. The molecule has 0 saturated carbocycles. The van der Waals surface area contributed by atoms with Crippen molar-refractivity contribution in [2.75, 3.05) is 0 Å². The molecule has 1 fully saturated rings. The van der Waals surface area contributed by atoms with E-state index in [0.717, 1.165) is 11.8 Å². The second kappa shape index (κ2) is 7.59. The first-order valence-corrected chi connectivity index (χ1v) is 8.68. The van der Waals surface area contributed by atoms with Gasteiger partial charge in [-0.25, -0.2) is 4.79 Å². The number of amides is 1. The van der Waals surface area contributed by atoms with Gasteiger partial charge in [-0.1, -0.05) is 42.2 Å². The number of carboxylic acid groups (broad SMARTS) is 1. The highest BCUT2D eigenvalue weighted by atomic mass is 32.2. The second-order valence-electron chi connectivity index (χ2n) is 5.37. The Morgan fingerprint density at radius 3 is 2.73 bits per heavy atom. The van der Waals surface area contributed by atoms with Gasteiger partial charge in [0, 0.05) is 0 Å². The van der Waals surface area contributed by atoms with Gasteiger partial charge in [0.1, 0.15) is 10.9 Å². The number of ether oxygens (including phenoxy) is 1. The molecule has 2 aromatic carbocycles. The molecule has 0 radical (unpaired) electrons. The van der Waals surface area contributed by atoms with Crippen LogP contribution >= 0.6 is 24.0 Å². The average Bonchev–Trinajstić information content (AvgIpc) is 2.91. The van der Waals surface area contributed by atoms with Crippen LogP contribution in [0.25, 0.3) is 6.08 Å². The largest absolute Gasteiger partial charge is 0.504 e. The van der Waals surface area contributed by atoms with Crippen molar-refractivity contribution in [2.45, 2.75) is 6.61 Å². The molecule has 8 heteroatoms. The van der Waals surface area contributed by atoms with Gasteiger partial charge in [0.2, 0.25) is 0 Å². The Hall–Kier alpha value is -2.84. The number of carbonyl (C=O) groups excluding carboxylic acids is 1. The first-order valence-electron chi connectivity index (χ1n) is 7.45. The van der Waals surface area contributed by atoms with Crippen LogP contribution in [0.1, 0.15) is 21.5 Å². The molecule has 1 saturated heterocycles. The van der Waals surface area contributed by atoms with Gasteiger partial charge in [0.05, 0.1) is 10.5 Å². The highest BCUT2D eigenvalue weighted by Crippen LogP contribution is 2.31. The maximum Gasteiger partial charge on any atom is 0.335 e. The molecule has 1 aliphatic heterocycles. The van der Waals surface area contributed by atoms with Crippen LogP contribution in [-0.2, 0) is 11.4 Å². The lowest BCUT2D eigenvalue weighted by Crippen LogP contribution is -2.17. The average molecular weight is 387 g/mol. The Labute approximate surface area is 158 Å². The number of aromatic hydroxyl groups is 1. The Balaban J connectivity index is 1.71. The van der Waals surface area contributed by atoms with Crippen LogP contribution in [0.3, 0.4) is 0 Å². The Morgan fingerprint density at radius 2 is 2.08 bits per heavy atom. The highest BCUT2D eigenvalue weighted by Gasteiger charge is 2.22. The van der Waals surface area contributed by atoms with Gasteiger partial charge in [-0.3, -0.25) is 4.79 Å². The molecule has 3 N–H and O–H groups in total. The number of carbonyl (C=O) groups is 2. The van der Waals surface area contributed by atoms with Crippen molar-refractivity contribution >= 4 is 46.3 Å². The quantitative estimate of drug-likeness (QED) is 0.536. The topological polar surface area (TPSA) is 95.9 Å². The summed E-state index contributed by atoms with van der Waals surface area (Å²) in [6, 6.07) is 11.1. The molecule has 26 heavy (non-hydrogen) atoms. The smallest absolute Gasteiger partial charge is 0.335 e. The number of phenolic OH excluding ortho intramolecular Hbond substituents is 1. The minimum atomic E-state index is -1.01. The highest BCUT2D eigenvalue weighted by molar-refractivity contribution is 8.26. The number of aromatic carboxylic acids is 1. The standard InChI is InChI=1S/C18H13NO5S2/c20-13-7-10(8-15-16(21)19-18(25)26-15)4-5-14(13)24-9-11-2-1-3-12(6-11)17(22)23/h1-8,20H,9H2,(H,22,23)(H,19,21,25)/b15-8-. The third-order valence-electron chi connectivity index (χ3n) is 3.49. The van der Waals surface area contributed by atoms with Gasteiger partial charge < -0.3 is 20.3 Å². The molecule has 6 nitrogen and oxygen atoms in total. The molecule has 1 amide bonds. The number of carboxylic acids is 1. The fraction of sp³-hybridized carbons (Fsp3) is 0.0556. The number of nitrogens with one attached hydrogen (secondary N) is 1. The number of hydrogen-bond acceptors (Lipinski definition) is 6. The van der Waals surface area contributed by atoms with E-state index in [4.69, 9.17) is 22.1 Å². The number of thiocarbonyl (C=S) groups is 1. The zero-order valence-corrected chi connectivity index (χ0v) is 14.9. The predicted octanol–water partition coefficient (Wildman–Crippen LogP) is 3.16. The lowest BCUT2D eigenvalue weighted by molar-refractivity contribution is -0.115. The van der Waals surface area contributed by atoms with E-state index < -0.39 is 5.97 Å². The monoisotopic (exact) mass is 387 g/mol. The summed E-state index contributed by atoms with van der Waals surface area (Å²) in [5, 5.41) is 21.6. The molecule has 1 heterocycles. The summed E-state index contributed by atoms with van der Waals surface area (Å²) in [4.78, 5) is 23.1. The Morgan fingerprint density at radius 1 is 1.27 bits per heavy atom. The van der Waals surface area contributed by atoms with Crippen LogP contribution in [0.4, 0.5) is 0 Å². The van der Waals surface area contributed by atoms with Gasteiger partial charge in [-0.2, -0.15) is 0 Å². The normalized spacial score (nSPS) is 15.2. The summed E-state index contributed by atoms with van der Waals surface area (Å²) in [6.07, 6.45) is 1.62. The molecule has 2 aromatic rings. The summed E-state index contributed by atoms with van der Waals surface area (Å²) >= 11 is 6.09. The molecule has 0 spiro atoms. The molecule has 0 aromatic heterocycles. The summed E-state index contributed by atoms with van der Waals surface area (Å²) in [6.45, 7) is 0.113. The minimum absolute atomic E-state index is 0.0836. The maximum absolute atomic E-state index is 11.7. The van der Waals surface area contributed by atoms with E-state index in [0.29, 0.717) is 20.4 Å². The lowest BCUT2D eigenvalue weighted by atomic mass is 10.1. The van der Waals surface area contributed by atoms with E-state index in [9.17, 15) is 14.7 Å². The van der Waals surface area contributed by atoms with E-state index in [-0.39, 0.29) is 29.6 Å². The van der Waals surface area contributed by atoms with E-state index in [1.807, 2.05) is 0 Å². The zero-order chi connectivity index (χ0) is 18.7. The van der Waals surface area contributed by atoms with E-state index >= 15 is 0 Å². The molecule has 0 atom stereocenters. The molecule has 132 valence electrons. The van der Waals surface area contributed by atoms with Crippen LogP contribution in [0.2, 0.25) is 0 Å². The van der Waals surface area contributed by atoms with Crippen LogP contribution in [-0.4, -0.2) is 26.4 Å². The summed E-state index contributed by atoms with van der Waals surface area (Å²) in [5.41, 5.74) is 1.47. The second-order valence-corrected chi connectivity index (χ2v) is 7.09. The lowest BCUT2D eigenvalue weighted by Gasteiger charge is -2.09. The third-order valence-corrected chi connectivity index (χ3v) is 4.65. The SMILES string of the molecule is O=C1NC(=S)S/C1=C\c1ccc(OCc2cccc(C(=O)O)c2)c(O)c1. The summed E-state index contributed by atoms with van der Waals surface area (Å²) < 4.78 is 5.95. The number of hydrogen-bond donors (Lipinski definition) is 3. The zero-order valence-electron chi connectivity index (χ0n) is 13.3. The fourth-order valence-electron chi connectivity index (χ4n) is 2.27. The van der Waals surface area contributed by atoms with Gasteiger partial charge >= 0.3 is 5.97 Å². The third kappa shape index (κ3) is 4.22. The van der Waals surface area contributed by atoms with E-state index in [1.54, 1.807) is 30.3 Å². The van der Waals surface area contributed by atoms with Crippen molar-refractivity contribution in [3.63, 3.8) is 0 Å². The van der Waals surface area contributed by atoms with E-state index in [2.05, 4.69) is 5.32 Å². The molecular weight excluding hydrogens is 374 g/mol. The Bertz CT molecular complexity index is 939. The fourth-order valence-corrected chi connectivity index (χ4v) is 3.32. The van der Waals surface area contributed by atoms with Crippen molar-refractivity contribution < 1.29 is 24.5 Å². The van der Waals surface area contributed by atoms with Gasteiger partial charge in [-0.15, -0.1) is 0 Å². The van der Waals surface area contributed by atoms with Crippen LogP contribution in [0.15, 0.2) is 47.4 Å². The van der Waals surface area contributed by atoms with Crippen LogP contribution in [0.5, 0.6) is 11.5 Å². The van der Waals surface area contributed by atoms with E-state index in [1.165, 1.54) is 18.2 Å². The predicted molar refractivity (Wildman–Crippen MR) is 102 cm³/mol.